The van der Waals surface area contributed by atoms with Crippen LogP contribution in [0.4, 0.5) is 0 Å². The zero-order valence-corrected chi connectivity index (χ0v) is 24.2. The van der Waals surface area contributed by atoms with Gasteiger partial charge in [0.05, 0.1) is 17.6 Å². The number of carbonyl (C=O) groups is 2. The minimum absolute atomic E-state index is 0.0174. The molecule has 0 radical (unpaired) electrons. The van der Waals surface area contributed by atoms with Gasteiger partial charge in [-0.25, -0.2) is 0 Å². The molecule has 1 aliphatic rings. The van der Waals surface area contributed by atoms with Crippen molar-refractivity contribution in [1.82, 2.24) is 25.0 Å². The van der Waals surface area contributed by atoms with Crippen molar-refractivity contribution in [3.63, 3.8) is 0 Å². The molecule has 2 heterocycles. The van der Waals surface area contributed by atoms with Crippen LogP contribution in [0.25, 0.3) is 17.1 Å². The Hall–Kier alpha value is -4.12. The maximum absolute atomic E-state index is 12.9. The van der Waals surface area contributed by atoms with Crippen LogP contribution in [0.1, 0.15) is 69.6 Å². The smallest absolute Gasteiger partial charge is 0.289 e. The van der Waals surface area contributed by atoms with Crippen molar-refractivity contribution in [3.8, 4) is 34.3 Å². The number of aliphatic hydroxyl groups is 1. The number of hydrogen-bond acceptors (Lipinski definition) is 8. The molecule has 0 bridgehead atoms. The number of phenols is 2. The number of hydrogen-bond donors (Lipinski definition) is 4. The lowest BCUT2D eigenvalue weighted by molar-refractivity contribution is -0.144. The van der Waals surface area contributed by atoms with Crippen LogP contribution in [0, 0.1) is 5.41 Å². The lowest BCUT2D eigenvalue weighted by Crippen LogP contribution is -2.48. The van der Waals surface area contributed by atoms with E-state index in [1.54, 1.807) is 60.6 Å². The van der Waals surface area contributed by atoms with Crippen molar-refractivity contribution in [3.05, 3.63) is 47.8 Å². The molecule has 0 atom stereocenters. The number of phenolic OH excluding ortho intramolecular Hbond substituents is 2. The number of aliphatic hydroxyl groups excluding tert-OH is 1. The molecule has 0 unspecified atom stereocenters. The number of nitrogens with zero attached hydrogens (tertiary/aromatic N) is 4. The van der Waals surface area contributed by atoms with E-state index in [1.807, 2.05) is 13.8 Å². The van der Waals surface area contributed by atoms with Crippen LogP contribution in [-0.2, 0) is 4.79 Å². The van der Waals surface area contributed by atoms with Gasteiger partial charge in [-0.3, -0.25) is 14.2 Å². The Morgan fingerprint density at radius 2 is 1.73 bits per heavy atom. The quantitative estimate of drug-likeness (QED) is 0.307. The van der Waals surface area contributed by atoms with Gasteiger partial charge in [0, 0.05) is 44.2 Å². The number of likely N-dealkylation sites (tertiary alicyclic amines) is 1. The largest absolute Gasteiger partial charge is 0.508 e. The topological polar surface area (TPSA) is 150 Å². The summed E-state index contributed by atoms with van der Waals surface area (Å²) in [5.41, 5.74) is 0.748. The van der Waals surface area contributed by atoms with Gasteiger partial charge in [-0.2, -0.15) is 0 Å². The molecule has 1 fully saturated rings. The zero-order chi connectivity index (χ0) is 29.9. The lowest BCUT2D eigenvalue weighted by atomic mass is 9.91. The Bertz CT molecular complexity index is 1390. The van der Waals surface area contributed by atoms with Crippen LogP contribution < -0.4 is 10.1 Å². The number of carbonyl (C=O) groups excluding carboxylic acids is 2. The average Bonchev–Trinajstić information content (AvgIpc) is 3.38. The van der Waals surface area contributed by atoms with Gasteiger partial charge in [-0.1, -0.05) is 13.8 Å². The summed E-state index contributed by atoms with van der Waals surface area (Å²) in [4.78, 5) is 27.3. The molecule has 4 rings (SSSR count). The van der Waals surface area contributed by atoms with Crippen LogP contribution in [-0.4, -0.2) is 79.1 Å². The minimum Gasteiger partial charge on any atom is -0.508 e. The van der Waals surface area contributed by atoms with Crippen LogP contribution in [0.2, 0.25) is 0 Å². The van der Waals surface area contributed by atoms with E-state index >= 15 is 0 Å². The van der Waals surface area contributed by atoms with Gasteiger partial charge in [-0.05, 0) is 62.6 Å². The molecule has 1 saturated heterocycles. The summed E-state index contributed by atoms with van der Waals surface area (Å²) >= 11 is 0. The number of aromatic nitrogens is 3. The SMILES string of the molecule is CCNC(=O)c1nnc(-c2cc(C(C)C)c(O)cc2O)n1-c1ccc(OC2CCN(C(=O)C(C)(C)CO)CC2)cc1. The second kappa shape index (κ2) is 12.2. The van der Waals surface area contributed by atoms with E-state index in [9.17, 15) is 24.9 Å². The number of amides is 2. The second-order valence-corrected chi connectivity index (χ2v) is 11.3. The Balaban J connectivity index is 1.59. The first kappa shape index (κ1) is 29.9. The van der Waals surface area contributed by atoms with Crippen LogP contribution in [0.3, 0.4) is 0 Å². The molecule has 2 amide bonds. The first-order valence-corrected chi connectivity index (χ1v) is 13.9. The van der Waals surface area contributed by atoms with E-state index in [0.717, 1.165) is 0 Å². The monoisotopic (exact) mass is 565 g/mol. The third-order valence-electron chi connectivity index (χ3n) is 7.31. The van der Waals surface area contributed by atoms with Crippen molar-refractivity contribution in [2.45, 2.75) is 59.5 Å². The molecule has 1 aromatic heterocycles. The molecule has 2 aromatic carbocycles. The lowest BCUT2D eigenvalue weighted by Gasteiger charge is -2.36. The number of piperidine rings is 1. The molecular weight excluding hydrogens is 526 g/mol. The second-order valence-electron chi connectivity index (χ2n) is 11.3. The van der Waals surface area contributed by atoms with Gasteiger partial charge >= 0.3 is 0 Å². The Labute approximate surface area is 239 Å². The van der Waals surface area contributed by atoms with Gasteiger partial charge in [-0.15, -0.1) is 10.2 Å². The first-order chi connectivity index (χ1) is 19.5. The number of benzene rings is 2. The Kier molecular flexibility index (Phi) is 8.86. The standard InChI is InChI=1S/C30H39N5O6/c1-6-31-28(39)27-33-32-26(23-15-22(18(2)3)24(37)16-25(23)38)35(27)19-7-9-20(10-8-19)41-21-11-13-34(14-12-21)29(40)30(4,5)17-36/h7-10,15-16,18,21,36-38H,6,11-14,17H2,1-5H3,(H,31,39). The maximum atomic E-state index is 12.9. The molecule has 0 saturated carbocycles. The summed E-state index contributed by atoms with van der Waals surface area (Å²) < 4.78 is 7.77. The molecule has 1 aliphatic heterocycles. The third kappa shape index (κ3) is 6.30. The highest BCUT2D eigenvalue weighted by Crippen LogP contribution is 2.38. The number of aromatic hydroxyl groups is 2. The highest BCUT2D eigenvalue weighted by atomic mass is 16.5. The van der Waals surface area contributed by atoms with Gasteiger partial charge in [0.25, 0.3) is 5.91 Å². The molecule has 220 valence electrons. The van der Waals surface area contributed by atoms with Crippen LogP contribution >= 0.6 is 0 Å². The minimum atomic E-state index is -0.801. The summed E-state index contributed by atoms with van der Waals surface area (Å²) in [6, 6.07) is 10.1. The predicted octanol–water partition coefficient (Wildman–Crippen LogP) is 3.61. The fraction of sp³-hybridized carbons (Fsp3) is 0.467. The highest BCUT2D eigenvalue weighted by Gasteiger charge is 2.34. The van der Waals surface area contributed by atoms with Crippen molar-refractivity contribution < 1.29 is 29.6 Å². The summed E-state index contributed by atoms with van der Waals surface area (Å²) in [6.45, 7) is 10.5. The molecule has 3 aromatic rings. The van der Waals surface area contributed by atoms with Crippen molar-refractivity contribution in [2.24, 2.45) is 5.41 Å². The number of nitrogens with one attached hydrogen (secondary N) is 1. The van der Waals surface area contributed by atoms with Crippen molar-refractivity contribution in [2.75, 3.05) is 26.2 Å². The number of ether oxygens (including phenoxy) is 1. The Morgan fingerprint density at radius 3 is 2.32 bits per heavy atom. The normalized spacial score (nSPS) is 14.4. The zero-order valence-electron chi connectivity index (χ0n) is 24.2. The van der Waals surface area contributed by atoms with Gasteiger partial charge in [0.15, 0.2) is 5.82 Å². The molecular formula is C30H39N5O6. The summed E-state index contributed by atoms with van der Waals surface area (Å²) in [6.07, 6.45) is 1.27. The number of rotatable bonds is 9. The van der Waals surface area contributed by atoms with E-state index in [2.05, 4.69) is 15.5 Å². The van der Waals surface area contributed by atoms with Crippen LogP contribution in [0.5, 0.6) is 17.2 Å². The van der Waals surface area contributed by atoms with E-state index in [1.165, 1.54) is 6.07 Å². The predicted molar refractivity (Wildman–Crippen MR) is 153 cm³/mol. The van der Waals surface area contributed by atoms with Gasteiger partial charge < -0.3 is 30.3 Å². The summed E-state index contributed by atoms with van der Waals surface area (Å²) in [5, 5.41) is 41.7. The molecule has 0 spiro atoms. The van der Waals surface area contributed by atoms with E-state index in [-0.39, 0.29) is 47.7 Å². The fourth-order valence-corrected chi connectivity index (χ4v) is 4.86. The fourth-order valence-electron chi connectivity index (χ4n) is 4.86. The molecule has 0 aliphatic carbocycles. The third-order valence-corrected chi connectivity index (χ3v) is 7.31. The summed E-state index contributed by atoms with van der Waals surface area (Å²) in [7, 11) is 0. The molecule has 4 N–H and O–H groups in total. The molecule has 41 heavy (non-hydrogen) atoms. The Morgan fingerprint density at radius 1 is 1.07 bits per heavy atom. The highest BCUT2D eigenvalue weighted by molar-refractivity contribution is 5.92. The first-order valence-electron chi connectivity index (χ1n) is 13.9. The van der Waals surface area contributed by atoms with Crippen molar-refractivity contribution >= 4 is 11.8 Å². The van der Waals surface area contributed by atoms with Crippen molar-refractivity contribution in [1.29, 1.82) is 0 Å². The van der Waals surface area contributed by atoms with Crippen LogP contribution in [0.15, 0.2) is 36.4 Å². The van der Waals surface area contributed by atoms with Gasteiger partial charge in [0.2, 0.25) is 11.7 Å². The molecule has 11 heteroatoms. The maximum Gasteiger partial charge on any atom is 0.289 e. The average molecular weight is 566 g/mol. The summed E-state index contributed by atoms with van der Waals surface area (Å²) in [5.74, 6) is 0.240. The van der Waals surface area contributed by atoms with E-state index < -0.39 is 11.3 Å². The van der Waals surface area contributed by atoms with Gasteiger partial charge in [0.1, 0.15) is 23.4 Å². The molecule has 11 nitrogen and oxygen atoms in total. The van der Waals surface area contributed by atoms with E-state index in [4.69, 9.17) is 4.74 Å². The van der Waals surface area contributed by atoms with E-state index in [0.29, 0.717) is 55.0 Å².